The minimum Gasteiger partial charge on any atom is -0.463 e. The zero-order chi connectivity index (χ0) is 16.6. The molecule has 1 aromatic carbocycles. The predicted octanol–water partition coefficient (Wildman–Crippen LogP) is 3.01. The Balaban J connectivity index is 1.95. The molecule has 7 heteroatoms. The van der Waals surface area contributed by atoms with Crippen LogP contribution in [-0.4, -0.2) is 16.7 Å². The number of para-hydroxylation sites is 1. The third-order valence-electron chi connectivity index (χ3n) is 3.26. The summed E-state index contributed by atoms with van der Waals surface area (Å²) in [6, 6.07) is 6.69. The number of ketones is 1. The van der Waals surface area contributed by atoms with E-state index < -0.39 is 11.3 Å². The van der Waals surface area contributed by atoms with Crippen molar-refractivity contribution in [3.05, 3.63) is 56.9 Å². The van der Waals surface area contributed by atoms with Crippen molar-refractivity contribution in [1.82, 2.24) is 4.98 Å². The van der Waals surface area contributed by atoms with Gasteiger partial charge in [0.05, 0.1) is 16.0 Å². The first kappa shape index (κ1) is 15.1. The summed E-state index contributed by atoms with van der Waals surface area (Å²) in [5.41, 5.74) is 0.437. The third-order valence-corrected chi connectivity index (χ3v) is 4.44. The number of carbonyl (C=O) groups is 2. The Labute approximate surface area is 134 Å². The number of anilines is 1. The van der Waals surface area contributed by atoms with Crippen molar-refractivity contribution in [2.45, 2.75) is 13.8 Å². The van der Waals surface area contributed by atoms with Gasteiger partial charge in [0.25, 0.3) is 5.91 Å². The van der Waals surface area contributed by atoms with Gasteiger partial charge in [-0.1, -0.05) is 23.5 Å². The summed E-state index contributed by atoms with van der Waals surface area (Å²) in [7, 11) is 0. The first-order valence-corrected chi connectivity index (χ1v) is 7.59. The van der Waals surface area contributed by atoms with Crippen LogP contribution in [0, 0.1) is 6.92 Å². The Morgan fingerprint density at radius 3 is 2.70 bits per heavy atom. The van der Waals surface area contributed by atoms with Crippen molar-refractivity contribution in [1.29, 1.82) is 0 Å². The van der Waals surface area contributed by atoms with Crippen LogP contribution in [0.25, 0.3) is 11.0 Å². The first-order chi connectivity index (χ1) is 11.0. The maximum absolute atomic E-state index is 12.3. The van der Waals surface area contributed by atoms with E-state index in [4.69, 9.17) is 4.42 Å². The zero-order valence-electron chi connectivity index (χ0n) is 12.4. The van der Waals surface area contributed by atoms with Crippen molar-refractivity contribution < 1.29 is 14.0 Å². The van der Waals surface area contributed by atoms with E-state index in [9.17, 15) is 14.4 Å². The molecule has 6 nitrogen and oxygen atoms in total. The quantitative estimate of drug-likeness (QED) is 0.747. The second-order valence-corrected chi connectivity index (χ2v) is 5.92. The monoisotopic (exact) mass is 328 g/mol. The molecule has 2 heterocycles. The number of amides is 1. The number of carbonyl (C=O) groups excluding carboxylic acids is 2. The number of benzene rings is 1. The number of nitrogens with one attached hydrogen (secondary N) is 1. The van der Waals surface area contributed by atoms with Crippen LogP contribution >= 0.6 is 11.3 Å². The SMILES string of the molecule is CC(=O)c1sc(NC(=O)c2coc3ccccc3c2=O)nc1C. The van der Waals surface area contributed by atoms with Crippen molar-refractivity contribution in [3.8, 4) is 0 Å². The summed E-state index contributed by atoms with van der Waals surface area (Å²) in [4.78, 5) is 40.7. The number of rotatable bonds is 3. The number of hydrogen-bond acceptors (Lipinski definition) is 6. The first-order valence-electron chi connectivity index (χ1n) is 6.77. The molecule has 0 fully saturated rings. The van der Waals surface area contributed by atoms with Crippen LogP contribution in [0.4, 0.5) is 5.13 Å². The molecule has 0 atom stereocenters. The van der Waals surface area contributed by atoms with Gasteiger partial charge in [-0.25, -0.2) is 4.98 Å². The molecule has 0 saturated heterocycles. The summed E-state index contributed by atoms with van der Waals surface area (Å²) in [5, 5.41) is 3.14. The van der Waals surface area contributed by atoms with Gasteiger partial charge in [-0.15, -0.1) is 0 Å². The zero-order valence-corrected chi connectivity index (χ0v) is 13.2. The fourth-order valence-corrected chi connectivity index (χ4v) is 3.03. The largest absolute Gasteiger partial charge is 0.463 e. The van der Waals surface area contributed by atoms with Gasteiger partial charge in [-0.2, -0.15) is 0 Å². The van der Waals surface area contributed by atoms with Gasteiger partial charge in [0, 0.05) is 6.92 Å². The summed E-state index contributed by atoms with van der Waals surface area (Å²) >= 11 is 1.07. The molecule has 116 valence electrons. The van der Waals surface area contributed by atoms with Crippen LogP contribution in [0.3, 0.4) is 0 Å². The van der Waals surface area contributed by atoms with E-state index in [2.05, 4.69) is 10.3 Å². The molecule has 0 saturated carbocycles. The Morgan fingerprint density at radius 2 is 2.00 bits per heavy atom. The number of aryl methyl sites for hydroxylation is 1. The van der Waals surface area contributed by atoms with Gasteiger partial charge >= 0.3 is 0 Å². The van der Waals surface area contributed by atoms with Crippen LogP contribution in [0.15, 0.2) is 39.7 Å². The van der Waals surface area contributed by atoms with Gasteiger partial charge in [0.1, 0.15) is 17.4 Å². The highest BCUT2D eigenvalue weighted by atomic mass is 32.1. The van der Waals surface area contributed by atoms with Crippen molar-refractivity contribution in [3.63, 3.8) is 0 Å². The topological polar surface area (TPSA) is 89.3 Å². The molecule has 2 aromatic heterocycles. The van der Waals surface area contributed by atoms with Crippen LogP contribution in [0.2, 0.25) is 0 Å². The minimum atomic E-state index is -0.617. The number of aromatic nitrogens is 1. The highest BCUT2D eigenvalue weighted by Crippen LogP contribution is 2.23. The van der Waals surface area contributed by atoms with Crippen molar-refractivity contribution in [2.24, 2.45) is 0 Å². The molecular weight excluding hydrogens is 316 g/mol. The van der Waals surface area contributed by atoms with Crippen LogP contribution in [-0.2, 0) is 0 Å². The fraction of sp³-hybridized carbons (Fsp3) is 0.125. The van der Waals surface area contributed by atoms with Crippen molar-refractivity contribution >= 4 is 39.1 Å². The van der Waals surface area contributed by atoms with Gasteiger partial charge in [-0.3, -0.25) is 19.7 Å². The number of Topliss-reactive ketones (excluding diaryl/α,β-unsaturated/α-hetero) is 1. The molecule has 3 aromatic rings. The van der Waals surface area contributed by atoms with E-state index in [0.717, 1.165) is 17.6 Å². The maximum Gasteiger partial charge on any atom is 0.264 e. The third kappa shape index (κ3) is 2.78. The van der Waals surface area contributed by atoms with Gasteiger partial charge in [0.2, 0.25) is 5.43 Å². The second-order valence-electron chi connectivity index (χ2n) is 4.92. The molecule has 0 aliphatic carbocycles. The van der Waals surface area contributed by atoms with E-state index in [1.807, 2.05) is 0 Å². The van der Waals surface area contributed by atoms with E-state index in [-0.39, 0.29) is 16.5 Å². The van der Waals surface area contributed by atoms with E-state index in [1.165, 1.54) is 6.92 Å². The maximum atomic E-state index is 12.3. The molecule has 1 N–H and O–H groups in total. The molecule has 0 unspecified atom stereocenters. The molecule has 0 aliphatic rings. The number of hydrogen-bond donors (Lipinski definition) is 1. The minimum absolute atomic E-state index is 0.110. The average Bonchev–Trinajstić information content (AvgIpc) is 2.88. The molecule has 3 rings (SSSR count). The van der Waals surface area contributed by atoms with Crippen molar-refractivity contribution in [2.75, 3.05) is 5.32 Å². The lowest BCUT2D eigenvalue weighted by Crippen LogP contribution is -2.21. The Kier molecular flexibility index (Phi) is 3.79. The summed E-state index contributed by atoms with van der Waals surface area (Å²) in [6.45, 7) is 3.12. The average molecular weight is 328 g/mol. The normalized spacial score (nSPS) is 10.7. The highest BCUT2D eigenvalue weighted by Gasteiger charge is 2.18. The molecule has 0 radical (unpaired) electrons. The number of thiazole rings is 1. The molecule has 23 heavy (non-hydrogen) atoms. The summed E-state index contributed by atoms with van der Waals surface area (Å²) in [6.07, 6.45) is 1.13. The lowest BCUT2D eigenvalue weighted by Gasteiger charge is -2.02. The van der Waals surface area contributed by atoms with Crippen LogP contribution < -0.4 is 10.7 Å². The van der Waals surface area contributed by atoms with Gasteiger partial charge < -0.3 is 4.42 Å². The summed E-state index contributed by atoms with van der Waals surface area (Å²) in [5.74, 6) is -0.737. The summed E-state index contributed by atoms with van der Waals surface area (Å²) < 4.78 is 5.32. The lowest BCUT2D eigenvalue weighted by molar-refractivity contribution is 0.101. The molecule has 0 bridgehead atoms. The number of nitrogens with zero attached hydrogens (tertiary/aromatic N) is 1. The van der Waals surface area contributed by atoms with Gasteiger partial charge in [0.15, 0.2) is 10.9 Å². The van der Waals surface area contributed by atoms with E-state index in [1.54, 1.807) is 31.2 Å². The van der Waals surface area contributed by atoms with E-state index >= 15 is 0 Å². The Bertz CT molecular complexity index is 987. The lowest BCUT2D eigenvalue weighted by atomic mass is 10.1. The molecule has 0 aliphatic heterocycles. The second kappa shape index (κ2) is 5.77. The Hall–Kier alpha value is -2.80. The number of fused-ring (bicyclic) bond motifs is 1. The molecule has 1 amide bonds. The standard InChI is InChI=1S/C16H12N2O4S/c1-8-14(9(2)19)23-16(17-8)18-15(21)11-7-22-12-6-4-3-5-10(12)13(11)20/h3-7H,1-2H3,(H,17,18,21). The molecular formula is C16H12N2O4S. The molecule has 0 spiro atoms. The van der Waals surface area contributed by atoms with E-state index in [0.29, 0.717) is 21.5 Å². The highest BCUT2D eigenvalue weighted by molar-refractivity contribution is 7.17. The predicted molar refractivity (Wildman–Crippen MR) is 87.3 cm³/mol. The smallest absolute Gasteiger partial charge is 0.264 e. The van der Waals surface area contributed by atoms with Crippen LogP contribution in [0.1, 0.15) is 32.6 Å². The van der Waals surface area contributed by atoms with Crippen LogP contribution in [0.5, 0.6) is 0 Å². The van der Waals surface area contributed by atoms with Gasteiger partial charge in [-0.05, 0) is 19.1 Å². The fourth-order valence-electron chi connectivity index (χ4n) is 2.18. The Morgan fingerprint density at radius 1 is 1.26 bits per heavy atom.